The fourth-order valence-corrected chi connectivity index (χ4v) is 4.40. The Kier molecular flexibility index (Phi) is 7.46. The minimum atomic E-state index is -0.514. The third-order valence-electron chi connectivity index (χ3n) is 5.04. The summed E-state index contributed by atoms with van der Waals surface area (Å²) >= 11 is 2.28. The summed E-state index contributed by atoms with van der Waals surface area (Å²) in [5, 5.41) is 0.969. The zero-order chi connectivity index (χ0) is 22.8. The zero-order valence-electron chi connectivity index (χ0n) is 19.0. The fraction of sp³-hybridized carbons (Fsp3) is 0.591. The molecule has 170 valence electrons. The van der Waals surface area contributed by atoms with E-state index in [0.29, 0.717) is 32.3 Å². The van der Waals surface area contributed by atoms with Crippen LogP contribution in [-0.4, -0.2) is 72.1 Å². The number of methoxy groups -OCH3 is 1. The standard InChI is InChI=1S/C22H31IN4O4/c1-14-12-26(13-15(2)27(14)21(28)31-22(3,4)5)18-8-7-17(23)19-16(18)11-24-20(25-19)30-10-9-29-6/h7-8,11,14-15H,9-10,12-13H2,1-6H3/t14-,15+. The average Bonchev–Trinajstić information content (AvgIpc) is 2.67. The first-order valence-electron chi connectivity index (χ1n) is 10.4. The molecule has 0 spiro atoms. The Hall–Kier alpha value is -1.88. The van der Waals surface area contributed by atoms with Gasteiger partial charge < -0.3 is 19.1 Å². The monoisotopic (exact) mass is 542 g/mol. The molecule has 1 aromatic heterocycles. The third kappa shape index (κ3) is 5.68. The van der Waals surface area contributed by atoms with Crippen molar-refractivity contribution in [1.29, 1.82) is 0 Å². The molecule has 0 aliphatic carbocycles. The number of halogens is 1. The molecule has 1 aliphatic heterocycles. The van der Waals surface area contributed by atoms with E-state index in [2.05, 4.69) is 63.4 Å². The summed E-state index contributed by atoms with van der Waals surface area (Å²) in [6.45, 7) is 12.1. The highest BCUT2D eigenvalue weighted by Crippen LogP contribution is 2.32. The highest BCUT2D eigenvalue weighted by Gasteiger charge is 2.36. The largest absolute Gasteiger partial charge is 0.461 e. The molecule has 9 heteroatoms. The summed E-state index contributed by atoms with van der Waals surface area (Å²) in [5.74, 6) is 0. The number of anilines is 1. The average molecular weight is 542 g/mol. The smallest absolute Gasteiger partial charge is 0.410 e. The maximum absolute atomic E-state index is 12.7. The predicted octanol–water partition coefficient (Wildman–Crippen LogP) is 4.09. The topological polar surface area (TPSA) is 77.0 Å². The quantitative estimate of drug-likeness (QED) is 0.416. The summed E-state index contributed by atoms with van der Waals surface area (Å²) < 4.78 is 17.3. The minimum absolute atomic E-state index is 0.00509. The van der Waals surface area contributed by atoms with Crippen LogP contribution in [0.2, 0.25) is 0 Å². The Morgan fingerprint density at radius 1 is 1.19 bits per heavy atom. The van der Waals surface area contributed by atoms with Gasteiger partial charge in [0.1, 0.15) is 12.2 Å². The van der Waals surface area contributed by atoms with Gasteiger partial charge in [0.05, 0.1) is 24.2 Å². The second kappa shape index (κ2) is 9.72. The third-order valence-corrected chi connectivity index (χ3v) is 5.91. The highest BCUT2D eigenvalue weighted by atomic mass is 127. The molecule has 0 bridgehead atoms. The normalized spacial score (nSPS) is 19.6. The van der Waals surface area contributed by atoms with E-state index in [-0.39, 0.29) is 18.2 Å². The van der Waals surface area contributed by atoms with Gasteiger partial charge in [0.15, 0.2) is 0 Å². The molecule has 2 heterocycles. The number of piperazine rings is 1. The summed E-state index contributed by atoms with van der Waals surface area (Å²) in [4.78, 5) is 25.9. The molecule has 2 aromatic rings. The number of ether oxygens (including phenoxy) is 3. The molecule has 2 atom stereocenters. The molecular formula is C22H31IN4O4. The SMILES string of the molecule is COCCOc1ncc2c(N3C[C@@H](C)N(C(=O)OC(C)(C)C)[C@@H](C)C3)ccc(I)c2n1. The van der Waals surface area contributed by atoms with Gasteiger partial charge in [-0.15, -0.1) is 0 Å². The molecule has 1 aromatic carbocycles. The van der Waals surface area contributed by atoms with Gasteiger partial charge in [0.2, 0.25) is 0 Å². The highest BCUT2D eigenvalue weighted by molar-refractivity contribution is 14.1. The number of benzene rings is 1. The first-order valence-corrected chi connectivity index (χ1v) is 11.5. The number of aromatic nitrogens is 2. The second-order valence-electron chi connectivity index (χ2n) is 8.81. The van der Waals surface area contributed by atoms with Gasteiger partial charge in [0.25, 0.3) is 0 Å². The van der Waals surface area contributed by atoms with E-state index in [9.17, 15) is 4.79 Å². The molecule has 1 fully saturated rings. The lowest BCUT2D eigenvalue weighted by molar-refractivity contribution is 0.00568. The summed E-state index contributed by atoms with van der Waals surface area (Å²) in [6.07, 6.45) is 1.55. The molecular weight excluding hydrogens is 511 g/mol. The van der Waals surface area contributed by atoms with Gasteiger partial charge in [-0.05, 0) is 69.3 Å². The van der Waals surface area contributed by atoms with Gasteiger partial charge in [0, 0.05) is 41.0 Å². The van der Waals surface area contributed by atoms with Crippen molar-refractivity contribution in [3.63, 3.8) is 0 Å². The van der Waals surface area contributed by atoms with E-state index < -0.39 is 5.60 Å². The fourth-order valence-electron chi connectivity index (χ4n) is 3.81. The van der Waals surface area contributed by atoms with Crippen molar-refractivity contribution in [2.45, 2.75) is 52.3 Å². The van der Waals surface area contributed by atoms with E-state index in [1.54, 1.807) is 7.11 Å². The van der Waals surface area contributed by atoms with Crippen LogP contribution < -0.4 is 9.64 Å². The molecule has 1 saturated heterocycles. The summed E-state index contributed by atoms with van der Waals surface area (Å²) in [7, 11) is 1.63. The Balaban J connectivity index is 1.84. The molecule has 1 aliphatic rings. The molecule has 31 heavy (non-hydrogen) atoms. The Bertz CT molecular complexity index is 922. The Morgan fingerprint density at radius 3 is 2.48 bits per heavy atom. The molecule has 0 radical (unpaired) electrons. The number of carbonyl (C=O) groups is 1. The lowest BCUT2D eigenvalue weighted by Crippen LogP contribution is -2.59. The van der Waals surface area contributed by atoms with Crippen molar-refractivity contribution < 1.29 is 19.0 Å². The van der Waals surface area contributed by atoms with Crippen LogP contribution in [0.4, 0.5) is 10.5 Å². The van der Waals surface area contributed by atoms with E-state index in [1.807, 2.05) is 31.9 Å². The number of carbonyl (C=O) groups excluding carboxylic acids is 1. The van der Waals surface area contributed by atoms with E-state index in [1.165, 1.54) is 0 Å². The molecule has 8 nitrogen and oxygen atoms in total. The van der Waals surface area contributed by atoms with E-state index >= 15 is 0 Å². The van der Waals surface area contributed by atoms with Crippen LogP contribution in [-0.2, 0) is 9.47 Å². The van der Waals surface area contributed by atoms with Crippen molar-refractivity contribution in [2.75, 3.05) is 38.3 Å². The van der Waals surface area contributed by atoms with Gasteiger partial charge in [-0.1, -0.05) is 0 Å². The van der Waals surface area contributed by atoms with Crippen molar-refractivity contribution in [2.24, 2.45) is 0 Å². The maximum atomic E-state index is 12.7. The maximum Gasteiger partial charge on any atom is 0.410 e. The van der Waals surface area contributed by atoms with Crippen molar-refractivity contribution in [3.8, 4) is 6.01 Å². The van der Waals surface area contributed by atoms with Gasteiger partial charge in [-0.3, -0.25) is 4.90 Å². The van der Waals surface area contributed by atoms with Crippen molar-refractivity contribution in [1.82, 2.24) is 14.9 Å². The number of nitrogens with zero attached hydrogens (tertiary/aromatic N) is 4. The van der Waals surface area contributed by atoms with Gasteiger partial charge in [-0.2, -0.15) is 4.98 Å². The van der Waals surface area contributed by atoms with Crippen LogP contribution in [0.1, 0.15) is 34.6 Å². The molecule has 1 amide bonds. The minimum Gasteiger partial charge on any atom is -0.461 e. The first-order chi connectivity index (χ1) is 14.6. The summed E-state index contributed by atoms with van der Waals surface area (Å²) in [6, 6.07) is 4.51. The lowest BCUT2D eigenvalue weighted by Gasteiger charge is -2.45. The van der Waals surface area contributed by atoms with Crippen LogP contribution >= 0.6 is 22.6 Å². The molecule has 0 saturated carbocycles. The van der Waals surface area contributed by atoms with Gasteiger partial charge >= 0.3 is 12.1 Å². The van der Waals surface area contributed by atoms with Crippen molar-refractivity contribution in [3.05, 3.63) is 21.9 Å². The number of hydrogen-bond donors (Lipinski definition) is 0. The van der Waals surface area contributed by atoms with Gasteiger partial charge in [-0.25, -0.2) is 9.78 Å². The van der Waals surface area contributed by atoms with E-state index in [0.717, 1.165) is 20.2 Å². The van der Waals surface area contributed by atoms with Crippen LogP contribution in [0.5, 0.6) is 6.01 Å². The number of amides is 1. The number of rotatable bonds is 5. The molecule has 0 unspecified atom stereocenters. The number of hydrogen-bond acceptors (Lipinski definition) is 7. The molecule has 3 rings (SSSR count). The van der Waals surface area contributed by atoms with Crippen molar-refractivity contribution >= 4 is 45.3 Å². The zero-order valence-corrected chi connectivity index (χ0v) is 21.2. The predicted molar refractivity (Wildman–Crippen MR) is 129 cm³/mol. The van der Waals surface area contributed by atoms with Crippen LogP contribution in [0.3, 0.4) is 0 Å². The Morgan fingerprint density at radius 2 is 1.87 bits per heavy atom. The first kappa shape index (κ1) is 23.8. The molecule has 0 N–H and O–H groups in total. The summed E-state index contributed by atoms with van der Waals surface area (Å²) in [5.41, 5.74) is 1.40. The van der Waals surface area contributed by atoms with E-state index in [4.69, 9.17) is 14.2 Å². The van der Waals surface area contributed by atoms with Crippen LogP contribution in [0, 0.1) is 3.57 Å². The Labute approximate surface area is 197 Å². The number of fused-ring (bicyclic) bond motifs is 1. The van der Waals surface area contributed by atoms with Crippen LogP contribution in [0.15, 0.2) is 18.3 Å². The van der Waals surface area contributed by atoms with Crippen LogP contribution in [0.25, 0.3) is 10.9 Å². The second-order valence-corrected chi connectivity index (χ2v) is 9.98. The lowest BCUT2D eigenvalue weighted by atomic mass is 10.1.